The van der Waals surface area contributed by atoms with Crippen LogP contribution in [0.5, 0.6) is 23.0 Å². The smallest absolute Gasteiger partial charge is 0.231 e. The zero-order valence-corrected chi connectivity index (χ0v) is 19.4. The Kier molecular flexibility index (Phi) is 5.43. The van der Waals surface area contributed by atoms with Crippen molar-refractivity contribution < 1.29 is 18.9 Å². The van der Waals surface area contributed by atoms with Crippen LogP contribution in [0.15, 0.2) is 60.7 Å². The van der Waals surface area contributed by atoms with Crippen LogP contribution < -0.4 is 34.7 Å². The summed E-state index contributed by atoms with van der Waals surface area (Å²) in [5.74, 6) is 3.73. The van der Waals surface area contributed by atoms with E-state index in [-0.39, 0.29) is 18.9 Å². The van der Waals surface area contributed by atoms with E-state index in [0.29, 0.717) is 12.5 Å². The van der Waals surface area contributed by atoms with Crippen LogP contribution >= 0.6 is 0 Å². The molecule has 0 aromatic heterocycles. The third kappa shape index (κ3) is 3.61. The Morgan fingerprint density at radius 3 is 2.53 bits per heavy atom. The maximum Gasteiger partial charge on any atom is 0.231 e. The normalized spacial score (nSPS) is 22.3. The Balaban J connectivity index is 1.37. The number of hydrazine groups is 1. The van der Waals surface area contributed by atoms with Gasteiger partial charge in [0.05, 0.1) is 25.8 Å². The predicted octanol–water partition coefficient (Wildman–Crippen LogP) is 4.35. The minimum Gasteiger partial charge on any atom is -0.496 e. The lowest BCUT2D eigenvalue weighted by Crippen LogP contribution is -2.39. The maximum atomic E-state index is 5.73. The molecule has 3 atom stereocenters. The van der Waals surface area contributed by atoms with E-state index in [1.807, 2.05) is 19.1 Å². The average molecular weight is 460 g/mol. The number of anilines is 1. The van der Waals surface area contributed by atoms with Crippen molar-refractivity contribution in [1.29, 1.82) is 0 Å². The van der Waals surface area contributed by atoms with Gasteiger partial charge >= 0.3 is 0 Å². The summed E-state index contributed by atoms with van der Waals surface area (Å²) in [6.07, 6.45) is 0. The largest absolute Gasteiger partial charge is 0.496 e. The maximum absolute atomic E-state index is 5.73. The van der Waals surface area contributed by atoms with E-state index < -0.39 is 0 Å². The quantitative estimate of drug-likeness (QED) is 0.568. The molecule has 3 aliphatic rings. The molecule has 1 saturated heterocycles. The number of ether oxygens (including phenoxy) is 4. The zero-order valence-electron chi connectivity index (χ0n) is 19.4. The Bertz CT molecular complexity index is 1180. The molecule has 6 rings (SSSR count). The lowest BCUT2D eigenvalue weighted by molar-refractivity contribution is 0.174. The summed E-state index contributed by atoms with van der Waals surface area (Å²) in [5.41, 5.74) is 11.9. The van der Waals surface area contributed by atoms with Crippen LogP contribution in [0, 0.1) is 5.92 Å². The van der Waals surface area contributed by atoms with E-state index in [0.717, 1.165) is 47.3 Å². The van der Waals surface area contributed by atoms with Crippen molar-refractivity contribution in [2.24, 2.45) is 5.92 Å². The number of nitrogens with zero attached hydrogens (tertiary/aromatic N) is 1. The minimum atomic E-state index is 0.162. The molecule has 34 heavy (non-hydrogen) atoms. The summed E-state index contributed by atoms with van der Waals surface area (Å²) in [6, 6.07) is 21.2. The van der Waals surface area contributed by atoms with Crippen LogP contribution in [0.3, 0.4) is 0 Å². The molecule has 0 bridgehead atoms. The van der Waals surface area contributed by atoms with Gasteiger partial charge in [-0.1, -0.05) is 30.3 Å². The number of para-hydroxylation sites is 1. The first-order chi connectivity index (χ1) is 16.7. The highest BCUT2D eigenvalue weighted by Crippen LogP contribution is 2.50. The van der Waals surface area contributed by atoms with E-state index in [1.54, 1.807) is 7.11 Å². The molecule has 0 spiro atoms. The number of benzene rings is 3. The fourth-order valence-electron chi connectivity index (χ4n) is 5.39. The summed E-state index contributed by atoms with van der Waals surface area (Å²) in [5, 5.41) is 0. The molecule has 3 unspecified atom stereocenters. The number of rotatable bonds is 6. The summed E-state index contributed by atoms with van der Waals surface area (Å²) in [6.45, 7) is 4.56. The van der Waals surface area contributed by atoms with Gasteiger partial charge < -0.3 is 23.8 Å². The van der Waals surface area contributed by atoms with Gasteiger partial charge in [0.15, 0.2) is 11.5 Å². The highest BCUT2D eigenvalue weighted by Gasteiger charge is 2.44. The fourth-order valence-corrected chi connectivity index (χ4v) is 5.39. The number of fused-ring (bicyclic) bond motifs is 4. The molecule has 0 amide bonds. The van der Waals surface area contributed by atoms with Crippen LogP contribution in [0.1, 0.15) is 35.7 Å². The highest BCUT2D eigenvalue weighted by atomic mass is 16.7. The molecule has 176 valence electrons. The van der Waals surface area contributed by atoms with Crippen molar-refractivity contribution >= 4 is 5.69 Å². The number of hydrogen-bond donors (Lipinski definition) is 2. The van der Waals surface area contributed by atoms with Gasteiger partial charge in [-0.3, -0.25) is 0 Å². The molecular formula is C27H29N3O4. The summed E-state index contributed by atoms with van der Waals surface area (Å²) in [7, 11) is 1.73. The molecule has 3 aliphatic heterocycles. The van der Waals surface area contributed by atoms with Gasteiger partial charge in [0, 0.05) is 36.3 Å². The van der Waals surface area contributed by atoms with Crippen molar-refractivity contribution in [3.63, 3.8) is 0 Å². The van der Waals surface area contributed by atoms with E-state index in [9.17, 15) is 0 Å². The van der Waals surface area contributed by atoms with Crippen LogP contribution in [-0.4, -0.2) is 27.1 Å². The van der Waals surface area contributed by atoms with Gasteiger partial charge in [-0.25, -0.2) is 10.9 Å². The van der Waals surface area contributed by atoms with E-state index >= 15 is 0 Å². The van der Waals surface area contributed by atoms with Gasteiger partial charge in [-0.15, -0.1) is 0 Å². The number of nitrogens with one attached hydrogen (secondary N) is 2. The molecule has 7 heteroatoms. The van der Waals surface area contributed by atoms with Crippen molar-refractivity contribution in [3.8, 4) is 23.0 Å². The Morgan fingerprint density at radius 2 is 1.74 bits per heavy atom. The molecule has 1 fully saturated rings. The highest BCUT2D eigenvalue weighted by molar-refractivity contribution is 5.66. The topological polar surface area (TPSA) is 64.2 Å². The van der Waals surface area contributed by atoms with Gasteiger partial charge in [0.25, 0.3) is 0 Å². The first-order valence-corrected chi connectivity index (χ1v) is 11.8. The molecule has 0 saturated carbocycles. The molecular weight excluding hydrogens is 430 g/mol. The van der Waals surface area contributed by atoms with E-state index in [1.165, 1.54) is 11.1 Å². The molecule has 3 aromatic carbocycles. The lowest BCUT2D eigenvalue weighted by Gasteiger charge is -2.39. The molecule has 0 aliphatic carbocycles. The molecule has 2 N–H and O–H groups in total. The van der Waals surface area contributed by atoms with E-state index in [4.69, 9.17) is 18.9 Å². The average Bonchev–Trinajstić information content (AvgIpc) is 3.51. The van der Waals surface area contributed by atoms with Gasteiger partial charge in [0.2, 0.25) is 6.79 Å². The van der Waals surface area contributed by atoms with E-state index in [2.05, 4.69) is 64.3 Å². The Hall–Kier alpha value is -3.42. The molecule has 3 aromatic rings. The summed E-state index contributed by atoms with van der Waals surface area (Å²) < 4.78 is 22.7. The van der Waals surface area contributed by atoms with Gasteiger partial charge in [0.1, 0.15) is 11.5 Å². The van der Waals surface area contributed by atoms with Crippen LogP contribution in [0.25, 0.3) is 0 Å². The lowest BCUT2D eigenvalue weighted by atomic mass is 9.81. The second kappa shape index (κ2) is 8.74. The van der Waals surface area contributed by atoms with Crippen LogP contribution in [0.4, 0.5) is 5.69 Å². The van der Waals surface area contributed by atoms with Gasteiger partial charge in [-0.2, -0.15) is 0 Å². The number of methoxy groups -OCH3 is 1. The van der Waals surface area contributed by atoms with Crippen LogP contribution in [-0.2, 0) is 6.54 Å². The van der Waals surface area contributed by atoms with Crippen molar-refractivity contribution in [1.82, 2.24) is 10.9 Å². The third-order valence-corrected chi connectivity index (χ3v) is 6.98. The standard InChI is InChI=1S/C27H29N3O4/c1-3-32-19-10-8-17(9-11-19)26-21-15-30(14-18-6-4-5-7-23(18)31-2)22-13-25-24(33-16-34-25)12-20(22)27(21)29-28-26/h4-13,21,26-29H,3,14-16H2,1-2H3. The summed E-state index contributed by atoms with van der Waals surface area (Å²) in [4.78, 5) is 2.44. The van der Waals surface area contributed by atoms with Gasteiger partial charge in [-0.05, 0) is 42.3 Å². The second-order valence-corrected chi connectivity index (χ2v) is 8.87. The molecule has 0 radical (unpaired) electrons. The fraction of sp³-hybridized carbons (Fsp3) is 0.333. The molecule has 7 nitrogen and oxygen atoms in total. The second-order valence-electron chi connectivity index (χ2n) is 8.87. The van der Waals surface area contributed by atoms with Crippen LogP contribution in [0.2, 0.25) is 0 Å². The third-order valence-electron chi connectivity index (χ3n) is 6.98. The Labute approximate surface area is 199 Å². The van der Waals surface area contributed by atoms with Crippen molar-refractivity contribution in [2.75, 3.05) is 32.0 Å². The Morgan fingerprint density at radius 1 is 0.971 bits per heavy atom. The predicted molar refractivity (Wildman–Crippen MR) is 129 cm³/mol. The minimum absolute atomic E-state index is 0.162. The van der Waals surface area contributed by atoms with Crippen molar-refractivity contribution in [2.45, 2.75) is 25.6 Å². The monoisotopic (exact) mass is 459 g/mol. The first kappa shape index (κ1) is 21.1. The SMILES string of the molecule is CCOc1ccc(C2NNC3c4cc5c(cc4N(Cc4ccccc4OC)CC23)OCO5)cc1. The molecule has 3 heterocycles. The summed E-state index contributed by atoms with van der Waals surface area (Å²) >= 11 is 0. The first-order valence-electron chi connectivity index (χ1n) is 11.8. The van der Waals surface area contributed by atoms with Crippen molar-refractivity contribution in [3.05, 3.63) is 77.4 Å². The zero-order chi connectivity index (χ0) is 23.1. The number of hydrogen-bond acceptors (Lipinski definition) is 7.